The van der Waals surface area contributed by atoms with Crippen LogP contribution in [0.15, 0.2) is 66.7 Å². The van der Waals surface area contributed by atoms with E-state index in [-0.39, 0.29) is 35.3 Å². The number of unbranched alkanes of at least 4 members (excludes halogenated alkanes) is 3. The molecule has 3 aromatic rings. The Bertz CT molecular complexity index is 1320. The van der Waals surface area contributed by atoms with Crippen LogP contribution in [0.5, 0.6) is 5.75 Å². The molecule has 0 saturated heterocycles. The summed E-state index contributed by atoms with van der Waals surface area (Å²) in [7, 11) is 0. The van der Waals surface area contributed by atoms with Gasteiger partial charge in [-0.05, 0) is 81.1 Å². The number of aromatic hydroxyl groups is 1. The maximum Gasteiger partial charge on any atom is 0.275 e. The number of carbonyl (C=O) groups excluding carboxylic acids is 1. The number of nitro groups is 1. The molecule has 224 valence electrons. The first-order valence-corrected chi connectivity index (χ1v) is 14.5. The van der Waals surface area contributed by atoms with E-state index >= 15 is 0 Å². The van der Waals surface area contributed by atoms with Gasteiger partial charge in [0.25, 0.3) is 5.69 Å². The molecule has 42 heavy (non-hydrogen) atoms. The number of aryl methyl sites for hydroxylation is 2. The van der Waals surface area contributed by atoms with Gasteiger partial charge in [0.1, 0.15) is 5.75 Å². The molecule has 0 aliphatic rings. The molecule has 0 spiro atoms. The van der Waals surface area contributed by atoms with Gasteiger partial charge in [0.15, 0.2) is 5.78 Å². The standard InChI is InChI=1S/C34H42N2O6/c1-26-20-29(21-27(2)34(26)36(40)41)14-8-11-19-42-18-10-4-3-9-17-35(23-28-12-6-5-7-13-28)24-33(39)30-15-16-32(38)31(22-30)25-37/h5-8,12-16,20-22,37-38H,3-4,9-11,17-19,23-25H2,1-2H3/b14-8+. The summed E-state index contributed by atoms with van der Waals surface area (Å²) in [5.74, 6) is -0.0510. The summed E-state index contributed by atoms with van der Waals surface area (Å²) in [6.45, 7) is 6.26. The zero-order valence-electron chi connectivity index (χ0n) is 24.6. The number of ketones is 1. The molecule has 8 nitrogen and oxygen atoms in total. The highest BCUT2D eigenvalue weighted by atomic mass is 16.6. The molecule has 0 aliphatic carbocycles. The second-order valence-corrected chi connectivity index (χ2v) is 10.6. The van der Waals surface area contributed by atoms with Crippen molar-refractivity contribution in [2.24, 2.45) is 0 Å². The second-order valence-electron chi connectivity index (χ2n) is 10.6. The number of rotatable bonds is 18. The molecular formula is C34H42N2O6. The van der Waals surface area contributed by atoms with Gasteiger partial charge in [0.2, 0.25) is 0 Å². The van der Waals surface area contributed by atoms with Crippen LogP contribution in [0.25, 0.3) is 6.08 Å². The summed E-state index contributed by atoms with van der Waals surface area (Å²) in [6.07, 6.45) is 8.81. The Balaban J connectivity index is 1.36. The van der Waals surface area contributed by atoms with Gasteiger partial charge in [-0.25, -0.2) is 0 Å². The van der Waals surface area contributed by atoms with Crippen molar-refractivity contribution in [2.45, 2.75) is 59.1 Å². The molecule has 3 rings (SSSR count). The predicted molar refractivity (Wildman–Crippen MR) is 166 cm³/mol. The SMILES string of the molecule is Cc1cc(/C=C/CCOCCCCCCN(CC(=O)c2ccc(O)c(CO)c2)Cc2ccccc2)cc(C)c1[N+](=O)[O-]. The average molecular weight is 575 g/mol. The minimum atomic E-state index is -0.331. The van der Waals surface area contributed by atoms with Crippen molar-refractivity contribution in [3.05, 3.63) is 110 Å². The van der Waals surface area contributed by atoms with E-state index in [0.29, 0.717) is 42.0 Å². The van der Waals surface area contributed by atoms with Gasteiger partial charge in [-0.2, -0.15) is 0 Å². The van der Waals surface area contributed by atoms with Crippen LogP contribution in [-0.4, -0.2) is 52.1 Å². The summed E-state index contributed by atoms with van der Waals surface area (Å²) < 4.78 is 5.77. The van der Waals surface area contributed by atoms with Crippen molar-refractivity contribution in [3.63, 3.8) is 0 Å². The molecule has 8 heteroatoms. The predicted octanol–water partition coefficient (Wildman–Crippen LogP) is 6.77. The lowest BCUT2D eigenvalue weighted by Crippen LogP contribution is -2.30. The maximum atomic E-state index is 13.0. The van der Waals surface area contributed by atoms with E-state index in [1.54, 1.807) is 26.0 Å². The number of benzene rings is 3. The lowest BCUT2D eigenvalue weighted by Gasteiger charge is -2.22. The van der Waals surface area contributed by atoms with Crippen molar-refractivity contribution < 1.29 is 24.7 Å². The number of nitro benzene ring substituents is 1. The maximum absolute atomic E-state index is 13.0. The smallest absolute Gasteiger partial charge is 0.275 e. The van der Waals surface area contributed by atoms with Crippen molar-refractivity contribution in [1.82, 2.24) is 4.90 Å². The average Bonchev–Trinajstić information content (AvgIpc) is 2.96. The minimum absolute atomic E-state index is 0.0111. The highest BCUT2D eigenvalue weighted by Crippen LogP contribution is 2.25. The first-order chi connectivity index (χ1) is 20.3. The third kappa shape index (κ3) is 10.5. The third-order valence-corrected chi connectivity index (χ3v) is 7.14. The second kappa shape index (κ2) is 17.2. The molecule has 0 aliphatic heterocycles. The quantitative estimate of drug-likeness (QED) is 0.0745. The molecular weight excluding hydrogens is 532 g/mol. The zero-order chi connectivity index (χ0) is 30.3. The Morgan fingerprint density at radius 2 is 1.69 bits per heavy atom. The Kier molecular flexibility index (Phi) is 13.4. The van der Waals surface area contributed by atoms with Crippen LogP contribution in [0.3, 0.4) is 0 Å². The summed E-state index contributed by atoms with van der Waals surface area (Å²) in [5.41, 5.74) is 4.45. The number of Topliss-reactive ketones (excluding diaryl/α,β-unsaturated/α-hetero) is 1. The third-order valence-electron chi connectivity index (χ3n) is 7.14. The molecule has 0 bridgehead atoms. The van der Waals surface area contributed by atoms with Crippen molar-refractivity contribution in [1.29, 1.82) is 0 Å². The molecule has 0 fully saturated rings. The molecule has 0 unspecified atom stereocenters. The van der Waals surface area contributed by atoms with Gasteiger partial charge in [-0.15, -0.1) is 0 Å². The van der Waals surface area contributed by atoms with Gasteiger partial charge in [-0.3, -0.25) is 19.8 Å². The number of hydrogen-bond donors (Lipinski definition) is 2. The Morgan fingerprint density at radius 3 is 2.38 bits per heavy atom. The van der Waals surface area contributed by atoms with E-state index in [1.807, 2.05) is 42.5 Å². The van der Waals surface area contributed by atoms with E-state index in [2.05, 4.69) is 17.0 Å². The van der Waals surface area contributed by atoms with Gasteiger partial charge in [0, 0.05) is 35.4 Å². The van der Waals surface area contributed by atoms with E-state index < -0.39 is 0 Å². The Hall–Kier alpha value is -3.85. The molecule has 2 N–H and O–H groups in total. The summed E-state index contributed by atoms with van der Waals surface area (Å²) in [4.78, 5) is 26.0. The van der Waals surface area contributed by atoms with Crippen LogP contribution in [0.4, 0.5) is 5.69 Å². The normalized spacial score (nSPS) is 11.4. The molecule has 0 amide bonds. The van der Waals surface area contributed by atoms with Crippen LogP contribution in [0.2, 0.25) is 0 Å². The van der Waals surface area contributed by atoms with E-state index in [4.69, 9.17) is 4.74 Å². The Labute approximate surface area is 248 Å². The fourth-order valence-electron chi connectivity index (χ4n) is 4.98. The van der Waals surface area contributed by atoms with Crippen LogP contribution < -0.4 is 0 Å². The largest absolute Gasteiger partial charge is 0.508 e. The lowest BCUT2D eigenvalue weighted by molar-refractivity contribution is -0.386. The number of hydrogen-bond acceptors (Lipinski definition) is 7. The first kappa shape index (κ1) is 32.7. The number of nitrogens with zero attached hydrogens (tertiary/aromatic N) is 2. The van der Waals surface area contributed by atoms with E-state index in [0.717, 1.165) is 49.8 Å². The molecule has 3 aromatic carbocycles. The van der Waals surface area contributed by atoms with Gasteiger partial charge in [0.05, 0.1) is 24.7 Å². The number of carbonyl (C=O) groups is 1. The number of aliphatic hydroxyl groups excluding tert-OH is 1. The molecule has 0 radical (unpaired) electrons. The lowest BCUT2D eigenvalue weighted by atomic mass is 10.0. The molecule has 0 saturated carbocycles. The fourth-order valence-corrected chi connectivity index (χ4v) is 4.98. The van der Waals surface area contributed by atoms with Gasteiger partial charge >= 0.3 is 0 Å². The highest BCUT2D eigenvalue weighted by Gasteiger charge is 2.16. The van der Waals surface area contributed by atoms with Gasteiger partial charge < -0.3 is 14.9 Å². The summed E-state index contributed by atoms with van der Waals surface area (Å²) in [6, 6.07) is 18.4. The van der Waals surface area contributed by atoms with Crippen molar-refractivity contribution >= 4 is 17.5 Å². The van der Waals surface area contributed by atoms with Crippen LogP contribution in [0, 0.1) is 24.0 Å². The topological polar surface area (TPSA) is 113 Å². The first-order valence-electron chi connectivity index (χ1n) is 14.5. The van der Waals surface area contributed by atoms with Crippen LogP contribution >= 0.6 is 0 Å². The van der Waals surface area contributed by atoms with E-state index in [1.165, 1.54) is 6.07 Å². The summed E-state index contributed by atoms with van der Waals surface area (Å²) >= 11 is 0. The minimum Gasteiger partial charge on any atom is -0.508 e. The number of ether oxygens (including phenoxy) is 1. The van der Waals surface area contributed by atoms with Gasteiger partial charge in [-0.1, -0.05) is 55.3 Å². The Morgan fingerprint density at radius 1 is 0.976 bits per heavy atom. The summed E-state index contributed by atoms with van der Waals surface area (Å²) in [5, 5.41) is 30.4. The monoisotopic (exact) mass is 574 g/mol. The number of phenols is 1. The molecule has 0 aromatic heterocycles. The van der Waals surface area contributed by atoms with Crippen molar-refractivity contribution in [3.8, 4) is 5.75 Å². The fraction of sp³-hybridized carbons (Fsp3) is 0.382. The van der Waals surface area contributed by atoms with Crippen molar-refractivity contribution in [2.75, 3.05) is 26.3 Å². The molecule has 0 atom stereocenters. The van der Waals surface area contributed by atoms with Crippen LogP contribution in [0.1, 0.15) is 70.3 Å². The number of aliphatic hydroxyl groups is 1. The van der Waals surface area contributed by atoms with Crippen LogP contribution in [-0.2, 0) is 17.9 Å². The molecule has 0 heterocycles. The van der Waals surface area contributed by atoms with E-state index in [9.17, 15) is 25.1 Å². The highest BCUT2D eigenvalue weighted by molar-refractivity contribution is 5.98. The zero-order valence-corrected chi connectivity index (χ0v) is 24.6.